The normalized spacial score (nSPS) is 10.1. The predicted octanol–water partition coefficient (Wildman–Crippen LogP) is 4.79. The average Bonchev–Trinajstić information content (AvgIpc) is 3.28. The van der Waals surface area contributed by atoms with Crippen molar-refractivity contribution in [1.82, 2.24) is 5.32 Å². The van der Waals surface area contributed by atoms with Crippen LogP contribution < -0.4 is 14.8 Å². The number of furan rings is 1. The van der Waals surface area contributed by atoms with Crippen LogP contribution in [0.3, 0.4) is 0 Å². The van der Waals surface area contributed by atoms with Crippen molar-refractivity contribution < 1.29 is 28.6 Å². The minimum Gasteiger partial charge on any atom is -0.497 e. The van der Waals surface area contributed by atoms with E-state index in [4.69, 9.17) is 23.8 Å². The Morgan fingerprint density at radius 3 is 2.42 bits per heavy atom. The summed E-state index contributed by atoms with van der Waals surface area (Å²) in [6, 6.07) is 23.4. The molecule has 4 rings (SSSR count). The summed E-state index contributed by atoms with van der Waals surface area (Å²) >= 11 is 0. The molecule has 0 saturated heterocycles. The van der Waals surface area contributed by atoms with Gasteiger partial charge >= 0.3 is 0 Å². The van der Waals surface area contributed by atoms with Crippen LogP contribution in [0.15, 0.2) is 77.2 Å². The van der Waals surface area contributed by atoms with Crippen molar-refractivity contribution in [2.45, 2.75) is 6.42 Å². The Hall–Kier alpha value is -4.26. The number of carbonyl (C=O) groups is 2. The Balaban J connectivity index is 0.000000968. The van der Waals surface area contributed by atoms with Gasteiger partial charge in [0.2, 0.25) is 0 Å². The van der Waals surface area contributed by atoms with E-state index in [9.17, 15) is 4.79 Å². The fourth-order valence-corrected chi connectivity index (χ4v) is 3.40. The fourth-order valence-electron chi connectivity index (χ4n) is 3.40. The lowest BCUT2D eigenvalue weighted by Crippen LogP contribution is -2.25. The summed E-state index contributed by atoms with van der Waals surface area (Å²) in [5, 5.41) is 10.6. The molecule has 1 heterocycles. The smallest absolute Gasteiger partial charge is 0.290 e. The molecule has 33 heavy (non-hydrogen) atoms. The third-order valence-corrected chi connectivity index (χ3v) is 5.02. The molecule has 0 saturated carbocycles. The fraction of sp³-hybridized carbons (Fsp3) is 0.154. The van der Waals surface area contributed by atoms with E-state index in [1.165, 1.54) is 0 Å². The van der Waals surface area contributed by atoms with Gasteiger partial charge in [-0.1, -0.05) is 42.5 Å². The van der Waals surface area contributed by atoms with Gasteiger partial charge in [-0.05, 0) is 47.9 Å². The third kappa shape index (κ3) is 5.92. The molecule has 0 unspecified atom stereocenters. The number of para-hydroxylation sites is 1. The SMILES string of the molecule is COc1ccc2oc(C(=O)NCCc3ccc(-c4ccccc4OC)cc3)cc2c1.O=CO. The average molecular weight is 447 g/mol. The van der Waals surface area contributed by atoms with E-state index in [-0.39, 0.29) is 12.4 Å². The lowest BCUT2D eigenvalue weighted by molar-refractivity contribution is -0.122. The van der Waals surface area contributed by atoms with Crippen LogP contribution in [0.4, 0.5) is 0 Å². The van der Waals surface area contributed by atoms with Crippen molar-refractivity contribution in [2.24, 2.45) is 0 Å². The molecule has 0 aliphatic rings. The zero-order valence-corrected chi connectivity index (χ0v) is 18.4. The van der Waals surface area contributed by atoms with E-state index in [0.29, 0.717) is 17.9 Å². The highest BCUT2D eigenvalue weighted by molar-refractivity contribution is 5.96. The van der Waals surface area contributed by atoms with Crippen molar-refractivity contribution in [1.29, 1.82) is 0 Å². The Bertz CT molecular complexity index is 1210. The standard InChI is InChI=1S/C25H23NO4.CH2O2/c1-28-20-11-12-22-19(15-20)16-24(30-22)25(27)26-14-13-17-7-9-18(10-8-17)21-5-3-4-6-23(21)29-2;2-1-3/h3-12,15-16H,13-14H2,1-2H3,(H,26,27);1H,(H,2,3). The van der Waals surface area contributed by atoms with Crippen LogP contribution in [0, 0.1) is 0 Å². The monoisotopic (exact) mass is 447 g/mol. The van der Waals surface area contributed by atoms with Gasteiger partial charge in [-0.3, -0.25) is 9.59 Å². The van der Waals surface area contributed by atoms with Crippen LogP contribution >= 0.6 is 0 Å². The van der Waals surface area contributed by atoms with Crippen molar-refractivity contribution in [3.05, 3.63) is 84.1 Å². The number of methoxy groups -OCH3 is 2. The van der Waals surface area contributed by atoms with Crippen LogP contribution in [0.25, 0.3) is 22.1 Å². The summed E-state index contributed by atoms with van der Waals surface area (Å²) in [6.07, 6.45) is 0.728. The number of nitrogens with one attached hydrogen (secondary N) is 1. The van der Waals surface area contributed by atoms with Gasteiger partial charge < -0.3 is 24.3 Å². The minimum atomic E-state index is -0.250. The molecule has 4 aromatic rings. The molecule has 0 spiro atoms. The first-order valence-electron chi connectivity index (χ1n) is 10.3. The van der Waals surface area contributed by atoms with Crippen molar-refractivity contribution in [3.63, 3.8) is 0 Å². The molecule has 1 amide bonds. The highest BCUT2D eigenvalue weighted by Gasteiger charge is 2.12. The zero-order valence-electron chi connectivity index (χ0n) is 18.4. The topological polar surface area (TPSA) is 98.0 Å². The molecule has 0 fully saturated rings. The van der Waals surface area contributed by atoms with Crippen LogP contribution in [-0.4, -0.2) is 38.3 Å². The number of rotatable bonds is 7. The van der Waals surface area contributed by atoms with Crippen LogP contribution in [0.1, 0.15) is 16.1 Å². The van der Waals surface area contributed by atoms with E-state index >= 15 is 0 Å². The number of ether oxygens (including phenoxy) is 2. The number of fused-ring (bicyclic) bond motifs is 1. The van der Waals surface area contributed by atoms with Gasteiger partial charge in [-0.15, -0.1) is 0 Å². The first-order valence-corrected chi connectivity index (χ1v) is 10.3. The van der Waals surface area contributed by atoms with Gasteiger partial charge in [-0.25, -0.2) is 0 Å². The minimum absolute atomic E-state index is 0.226. The third-order valence-electron chi connectivity index (χ3n) is 5.02. The van der Waals surface area contributed by atoms with E-state index < -0.39 is 0 Å². The van der Waals surface area contributed by atoms with Gasteiger partial charge in [0, 0.05) is 17.5 Å². The quantitative estimate of drug-likeness (QED) is 0.395. The molecule has 170 valence electrons. The van der Waals surface area contributed by atoms with Crippen molar-refractivity contribution in [3.8, 4) is 22.6 Å². The van der Waals surface area contributed by atoms with E-state index in [1.54, 1.807) is 26.4 Å². The van der Waals surface area contributed by atoms with E-state index in [1.807, 2.05) is 36.4 Å². The number of carboxylic acid groups (broad SMARTS) is 1. The van der Waals surface area contributed by atoms with Crippen LogP contribution in [0.2, 0.25) is 0 Å². The molecule has 0 atom stereocenters. The maximum Gasteiger partial charge on any atom is 0.290 e. The summed E-state index contributed by atoms with van der Waals surface area (Å²) < 4.78 is 16.3. The number of hydrogen-bond acceptors (Lipinski definition) is 5. The summed E-state index contributed by atoms with van der Waals surface area (Å²) in [5.41, 5.74) is 3.95. The van der Waals surface area contributed by atoms with E-state index in [0.717, 1.165) is 40.0 Å². The molecule has 0 bridgehead atoms. The van der Waals surface area contributed by atoms with Crippen molar-refractivity contribution >= 4 is 23.3 Å². The number of hydrogen-bond donors (Lipinski definition) is 2. The lowest BCUT2D eigenvalue weighted by atomic mass is 10.0. The Kier molecular flexibility index (Phi) is 8.07. The first kappa shape index (κ1) is 23.4. The molecule has 0 aliphatic heterocycles. The van der Waals surface area contributed by atoms with Crippen molar-refractivity contribution in [2.75, 3.05) is 20.8 Å². The van der Waals surface area contributed by atoms with Gasteiger partial charge in [0.15, 0.2) is 5.76 Å². The maximum atomic E-state index is 12.4. The zero-order chi connectivity index (χ0) is 23.6. The highest BCUT2D eigenvalue weighted by atomic mass is 16.5. The van der Waals surface area contributed by atoms with Crippen LogP contribution in [0.5, 0.6) is 11.5 Å². The summed E-state index contributed by atoms with van der Waals surface area (Å²) in [7, 11) is 3.28. The Morgan fingerprint density at radius 1 is 1.00 bits per heavy atom. The summed E-state index contributed by atoms with van der Waals surface area (Å²) in [6.45, 7) is 0.271. The molecule has 7 nitrogen and oxygen atoms in total. The molecule has 1 aromatic heterocycles. The molecule has 3 aromatic carbocycles. The predicted molar refractivity (Wildman–Crippen MR) is 126 cm³/mol. The number of amides is 1. The van der Waals surface area contributed by atoms with Gasteiger partial charge in [0.1, 0.15) is 17.1 Å². The van der Waals surface area contributed by atoms with Crippen LogP contribution in [-0.2, 0) is 11.2 Å². The number of carbonyl (C=O) groups excluding carboxylic acids is 1. The second-order valence-electron chi connectivity index (χ2n) is 7.02. The number of benzene rings is 3. The van der Waals surface area contributed by atoms with Gasteiger partial charge in [0.25, 0.3) is 12.4 Å². The molecule has 0 radical (unpaired) electrons. The first-order chi connectivity index (χ1) is 16.1. The second kappa shape index (κ2) is 11.4. The summed E-state index contributed by atoms with van der Waals surface area (Å²) in [4.78, 5) is 20.8. The van der Waals surface area contributed by atoms with E-state index in [2.05, 4.69) is 29.6 Å². The second-order valence-corrected chi connectivity index (χ2v) is 7.02. The Morgan fingerprint density at radius 2 is 1.73 bits per heavy atom. The Labute approximate surface area is 191 Å². The molecule has 0 aliphatic carbocycles. The molecule has 2 N–H and O–H groups in total. The lowest BCUT2D eigenvalue weighted by Gasteiger charge is -2.09. The molecule has 7 heteroatoms. The largest absolute Gasteiger partial charge is 0.497 e. The van der Waals surface area contributed by atoms with Gasteiger partial charge in [-0.2, -0.15) is 0 Å². The summed E-state index contributed by atoms with van der Waals surface area (Å²) in [5.74, 6) is 1.65. The highest BCUT2D eigenvalue weighted by Crippen LogP contribution is 2.29. The molecular formula is C26H25NO6. The maximum absolute atomic E-state index is 12.4. The van der Waals surface area contributed by atoms with Gasteiger partial charge in [0.05, 0.1) is 14.2 Å². The molecular weight excluding hydrogens is 422 g/mol.